The van der Waals surface area contributed by atoms with Gasteiger partial charge in [0.2, 0.25) is 0 Å². The third-order valence-electron chi connectivity index (χ3n) is 9.32. The quantitative estimate of drug-likeness (QED) is 0.277. The second-order valence-corrected chi connectivity index (χ2v) is 12.2. The molecule has 38 heavy (non-hydrogen) atoms. The summed E-state index contributed by atoms with van der Waals surface area (Å²) in [5.74, 6) is 1.74. The summed E-state index contributed by atoms with van der Waals surface area (Å²) in [5.41, 5.74) is 6.89. The van der Waals surface area contributed by atoms with Gasteiger partial charge in [0.05, 0.1) is 5.52 Å². The number of pyridine rings is 2. The second kappa shape index (κ2) is 10.3. The highest BCUT2D eigenvalue weighted by Gasteiger charge is 2.41. The smallest absolute Gasteiger partial charge is 0.0795 e. The van der Waals surface area contributed by atoms with Crippen LogP contribution >= 0.6 is 0 Å². The number of nitrogens with zero attached hydrogens (tertiary/aromatic N) is 3. The molecule has 0 radical (unpaired) electrons. The molecule has 4 heteroatoms. The molecule has 0 amide bonds. The van der Waals surface area contributed by atoms with Gasteiger partial charge in [-0.15, -0.1) is 0 Å². The third kappa shape index (κ3) is 4.37. The normalized spacial score (nSPS) is 23.8. The molecule has 1 N–H and O–H groups in total. The molecule has 1 saturated heterocycles. The van der Waals surface area contributed by atoms with Crippen molar-refractivity contribution in [3.05, 3.63) is 77.7 Å². The number of benzene rings is 2. The number of anilines is 1. The van der Waals surface area contributed by atoms with E-state index in [-0.39, 0.29) is 0 Å². The van der Waals surface area contributed by atoms with E-state index in [0.29, 0.717) is 30.0 Å². The maximum absolute atomic E-state index is 4.71. The van der Waals surface area contributed by atoms with Gasteiger partial charge in [-0.2, -0.15) is 0 Å². The molecule has 0 spiro atoms. The van der Waals surface area contributed by atoms with Crippen molar-refractivity contribution in [2.45, 2.75) is 89.8 Å². The molecule has 4 unspecified atom stereocenters. The molecule has 4 atom stereocenters. The minimum atomic E-state index is 0.338. The summed E-state index contributed by atoms with van der Waals surface area (Å²) in [4.78, 5) is 11.8. The van der Waals surface area contributed by atoms with Crippen LogP contribution in [0.15, 0.2) is 61.1 Å². The Hall–Kier alpha value is -2.98. The molecule has 4 nitrogen and oxygen atoms in total. The third-order valence-corrected chi connectivity index (χ3v) is 9.32. The molecule has 0 bridgehead atoms. The van der Waals surface area contributed by atoms with Crippen molar-refractivity contribution in [3.63, 3.8) is 0 Å². The largest absolute Gasteiger partial charge is 0.370 e. The number of hydrogen-bond acceptors (Lipinski definition) is 4. The van der Waals surface area contributed by atoms with Gasteiger partial charge in [-0.25, -0.2) is 0 Å². The molecule has 1 aliphatic carbocycles. The van der Waals surface area contributed by atoms with Crippen LogP contribution in [0.25, 0.3) is 21.7 Å². The van der Waals surface area contributed by atoms with Crippen molar-refractivity contribution in [2.75, 3.05) is 11.9 Å². The Kier molecular flexibility index (Phi) is 6.86. The highest BCUT2D eigenvalue weighted by Crippen LogP contribution is 2.44. The Morgan fingerprint density at radius 1 is 0.868 bits per heavy atom. The Morgan fingerprint density at radius 3 is 2.42 bits per heavy atom. The lowest BCUT2D eigenvalue weighted by Crippen LogP contribution is -2.58. The Balaban J connectivity index is 1.39. The molecule has 1 aliphatic heterocycles. The minimum Gasteiger partial charge on any atom is -0.370 e. The van der Waals surface area contributed by atoms with Crippen LogP contribution in [0.1, 0.15) is 94.4 Å². The second-order valence-electron chi connectivity index (χ2n) is 12.2. The summed E-state index contributed by atoms with van der Waals surface area (Å²) >= 11 is 0. The monoisotopic (exact) mass is 506 g/mol. The van der Waals surface area contributed by atoms with Crippen molar-refractivity contribution in [2.24, 2.45) is 5.92 Å². The van der Waals surface area contributed by atoms with Crippen LogP contribution in [0.4, 0.5) is 5.69 Å². The fraction of sp³-hybridized carbons (Fsp3) is 0.471. The molecule has 4 aromatic rings. The molecule has 6 rings (SSSR count). The molecule has 3 heterocycles. The number of likely N-dealkylation sites (N-methyl/N-ethyl adjacent to an activating group) is 1. The van der Waals surface area contributed by atoms with E-state index < -0.39 is 0 Å². The molecule has 2 fully saturated rings. The van der Waals surface area contributed by atoms with Crippen LogP contribution in [-0.2, 0) is 0 Å². The van der Waals surface area contributed by atoms with E-state index in [1.807, 2.05) is 24.7 Å². The maximum Gasteiger partial charge on any atom is 0.0795 e. The van der Waals surface area contributed by atoms with Crippen LogP contribution < -0.4 is 10.2 Å². The number of piperidine rings is 1. The van der Waals surface area contributed by atoms with Gasteiger partial charge in [-0.3, -0.25) is 9.97 Å². The summed E-state index contributed by atoms with van der Waals surface area (Å²) in [5, 5.41) is 7.90. The summed E-state index contributed by atoms with van der Waals surface area (Å²) < 4.78 is 0. The van der Waals surface area contributed by atoms with Crippen molar-refractivity contribution >= 4 is 27.4 Å². The topological polar surface area (TPSA) is 41.1 Å². The first-order valence-electron chi connectivity index (χ1n) is 14.7. The van der Waals surface area contributed by atoms with E-state index in [1.54, 1.807) is 0 Å². The molecular formula is C34H42N4. The fourth-order valence-corrected chi connectivity index (χ4v) is 7.42. The standard InChI is InChI=1S/C34H42N4/c1-21(2)25-11-7-12-26(22(3)4)34(25)38(5)31-13-6-9-23-14-15-30(37-33(23)31)28-19-24-10-8-17-36-32(24)29-20-35-18-16-27(28)29/h7-8,10-12,16-23,30-31,33,37H,6,9,13-15H2,1-5H3. The van der Waals surface area contributed by atoms with E-state index in [0.717, 1.165) is 16.8 Å². The van der Waals surface area contributed by atoms with Gasteiger partial charge < -0.3 is 10.2 Å². The van der Waals surface area contributed by atoms with Gasteiger partial charge in [0.25, 0.3) is 0 Å². The highest BCUT2D eigenvalue weighted by atomic mass is 15.2. The van der Waals surface area contributed by atoms with Gasteiger partial charge in [0.1, 0.15) is 0 Å². The van der Waals surface area contributed by atoms with Gasteiger partial charge >= 0.3 is 0 Å². The van der Waals surface area contributed by atoms with E-state index in [4.69, 9.17) is 4.98 Å². The molecule has 198 valence electrons. The fourth-order valence-electron chi connectivity index (χ4n) is 7.42. The average Bonchev–Trinajstić information content (AvgIpc) is 2.95. The molecule has 2 aliphatic rings. The first-order chi connectivity index (χ1) is 18.4. The average molecular weight is 507 g/mol. The van der Waals surface area contributed by atoms with Crippen molar-refractivity contribution in [3.8, 4) is 0 Å². The van der Waals surface area contributed by atoms with Gasteiger partial charge in [-0.05, 0) is 83.7 Å². The Morgan fingerprint density at radius 2 is 1.66 bits per heavy atom. The van der Waals surface area contributed by atoms with Crippen LogP contribution in [0.5, 0.6) is 0 Å². The van der Waals surface area contributed by atoms with Crippen LogP contribution in [0.2, 0.25) is 0 Å². The lowest BCUT2D eigenvalue weighted by atomic mass is 9.73. The number of nitrogens with one attached hydrogen (secondary N) is 1. The number of aromatic nitrogens is 2. The predicted molar refractivity (Wildman–Crippen MR) is 160 cm³/mol. The predicted octanol–water partition coefficient (Wildman–Crippen LogP) is 8.13. The number of rotatable bonds is 5. The molecule has 2 aromatic heterocycles. The molecule has 1 saturated carbocycles. The number of hydrogen-bond donors (Lipinski definition) is 1. The molecular weight excluding hydrogens is 464 g/mol. The van der Waals surface area contributed by atoms with E-state index in [9.17, 15) is 0 Å². The maximum atomic E-state index is 4.71. The zero-order valence-electron chi connectivity index (χ0n) is 23.6. The van der Waals surface area contributed by atoms with E-state index in [1.165, 1.54) is 65.3 Å². The van der Waals surface area contributed by atoms with Crippen molar-refractivity contribution in [1.82, 2.24) is 15.3 Å². The van der Waals surface area contributed by atoms with E-state index >= 15 is 0 Å². The summed E-state index contributed by atoms with van der Waals surface area (Å²) in [6, 6.07) is 17.1. The number of fused-ring (bicyclic) bond motifs is 4. The lowest BCUT2D eigenvalue weighted by Gasteiger charge is -2.49. The lowest BCUT2D eigenvalue weighted by molar-refractivity contribution is 0.154. The van der Waals surface area contributed by atoms with Crippen molar-refractivity contribution < 1.29 is 0 Å². The SMILES string of the molecule is CC(C)c1cccc(C(C)C)c1N(C)C1CCCC2CCC(c3cc4cccnc4c4cnccc34)NC21. The van der Waals surface area contributed by atoms with E-state index in [2.05, 4.69) is 86.3 Å². The summed E-state index contributed by atoms with van der Waals surface area (Å²) in [6.45, 7) is 9.35. The zero-order valence-corrected chi connectivity index (χ0v) is 23.6. The van der Waals surface area contributed by atoms with Gasteiger partial charge in [0.15, 0.2) is 0 Å². The molecule has 2 aromatic carbocycles. The summed E-state index contributed by atoms with van der Waals surface area (Å²) in [6.07, 6.45) is 12.2. The summed E-state index contributed by atoms with van der Waals surface area (Å²) in [7, 11) is 2.37. The van der Waals surface area contributed by atoms with Crippen LogP contribution in [-0.4, -0.2) is 29.1 Å². The Labute approximate surface area is 227 Å². The van der Waals surface area contributed by atoms with Crippen LogP contribution in [0.3, 0.4) is 0 Å². The van der Waals surface area contributed by atoms with Crippen molar-refractivity contribution in [1.29, 1.82) is 0 Å². The van der Waals surface area contributed by atoms with Crippen LogP contribution in [0, 0.1) is 5.92 Å². The first-order valence-corrected chi connectivity index (χ1v) is 14.7. The Bertz CT molecular complexity index is 1420. The highest BCUT2D eigenvalue weighted by molar-refractivity contribution is 6.06. The van der Waals surface area contributed by atoms with Gasteiger partial charge in [-0.1, -0.05) is 58.4 Å². The first kappa shape index (κ1) is 25.3. The minimum absolute atomic E-state index is 0.338. The zero-order chi connectivity index (χ0) is 26.4. The van der Waals surface area contributed by atoms with Gasteiger partial charge in [0, 0.05) is 60.2 Å². The number of para-hydroxylation sites is 1.